The molecule has 0 bridgehead atoms. The SMILES string of the molecule is CCc1ccc(C(=O)N2CCc3ccc([N+](=O)[O-])cc32)cc1. The molecule has 112 valence electrons. The van der Waals surface area contributed by atoms with E-state index in [2.05, 4.69) is 6.92 Å². The zero-order chi connectivity index (χ0) is 15.7. The minimum absolute atomic E-state index is 0.0137. The summed E-state index contributed by atoms with van der Waals surface area (Å²) in [6.07, 6.45) is 1.65. The lowest BCUT2D eigenvalue weighted by atomic mass is 10.1. The van der Waals surface area contributed by atoms with Gasteiger partial charge in [-0.25, -0.2) is 0 Å². The number of amides is 1. The molecule has 0 fully saturated rings. The number of fused-ring (bicyclic) bond motifs is 1. The Hall–Kier alpha value is -2.69. The topological polar surface area (TPSA) is 63.5 Å². The number of nitrogens with zero attached hydrogens (tertiary/aromatic N) is 2. The van der Waals surface area contributed by atoms with Crippen LogP contribution in [0.5, 0.6) is 0 Å². The number of nitro groups is 1. The van der Waals surface area contributed by atoms with E-state index in [0.29, 0.717) is 17.8 Å². The predicted octanol–water partition coefficient (Wildman–Crippen LogP) is 3.36. The van der Waals surface area contributed by atoms with Crippen molar-refractivity contribution >= 4 is 17.3 Å². The fraction of sp³-hybridized carbons (Fsp3) is 0.235. The summed E-state index contributed by atoms with van der Waals surface area (Å²) >= 11 is 0. The van der Waals surface area contributed by atoms with E-state index in [0.717, 1.165) is 18.4 Å². The van der Waals surface area contributed by atoms with Gasteiger partial charge in [-0.2, -0.15) is 0 Å². The van der Waals surface area contributed by atoms with Crippen LogP contribution in [0.15, 0.2) is 42.5 Å². The van der Waals surface area contributed by atoms with Gasteiger partial charge in [-0.3, -0.25) is 14.9 Å². The summed E-state index contributed by atoms with van der Waals surface area (Å²) in [5.41, 5.74) is 3.42. The first kappa shape index (κ1) is 14.3. The first-order valence-corrected chi connectivity index (χ1v) is 7.28. The Morgan fingerprint density at radius 3 is 2.59 bits per heavy atom. The molecule has 1 aliphatic rings. The van der Waals surface area contributed by atoms with Crippen molar-refractivity contribution in [3.63, 3.8) is 0 Å². The Morgan fingerprint density at radius 1 is 1.23 bits per heavy atom. The van der Waals surface area contributed by atoms with E-state index in [4.69, 9.17) is 0 Å². The minimum Gasteiger partial charge on any atom is -0.308 e. The second kappa shape index (κ2) is 5.60. The molecule has 1 heterocycles. The lowest BCUT2D eigenvalue weighted by Gasteiger charge is -2.17. The van der Waals surface area contributed by atoms with Gasteiger partial charge < -0.3 is 4.90 Å². The van der Waals surface area contributed by atoms with E-state index in [-0.39, 0.29) is 11.6 Å². The molecule has 1 amide bonds. The fourth-order valence-electron chi connectivity index (χ4n) is 2.73. The van der Waals surface area contributed by atoms with Gasteiger partial charge in [0.2, 0.25) is 0 Å². The molecule has 0 unspecified atom stereocenters. The van der Waals surface area contributed by atoms with Gasteiger partial charge in [-0.05, 0) is 36.1 Å². The van der Waals surface area contributed by atoms with Crippen LogP contribution in [0.25, 0.3) is 0 Å². The number of rotatable bonds is 3. The van der Waals surface area contributed by atoms with E-state index in [1.807, 2.05) is 24.3 Å². The Balaban J connectivity index is 1.92. The highest BCUT2D eigenvalue weighted by Crippen LogP contribution is 2.32. The highest BCUT2D eigenvalue weighted by Gasteiger charge is 2.27. The number of anilines is 1. The third-order valence-corrected chi connectivity index (χ3v) is 4.03. The molecule has 0 spiro atoms. The van der Waals surface area contributed by atoms with E-state index in [9.17, 15) is 14.9 Å². The number of nitro benzene ring substituents is 1. The standard InChI is InChI=1S/C17H16N2O3/c1-2-12-3-5-14(6-4-12)17(20)18-10-9-13-7-8-15(19(21)22)11-16(13)18/h3-8,11H,2,9-10H2,1H3. The van der Waals surface area contributed by atoms with Crippen LogP contribution in [-0.4, -0.2) is 17.4 Å². The molecule has 2 aromatic rings. The van der Waals surface area contributed by atoms with Crippen LogP contribution in [0.3, 0.4) is 0 Å². The van der Waals surface area contributed by atoms with Gasteiger partial charge in [0, 0.05) is 24.2 Å². The second-order valence-electron chi connectivity index (χ2n) is 5.33. The van der Waals surface area contributed by atoms with Crippen LogP contribution in [0, 0.1) is 10.1 Å². The summed E-state index contributed by atoms with van der Waals surface area (Å²) < 4.78 is 0. The van der Waals surface area contributed by atoms with Crippen LogP contribution in [0.1, 0.15) is 28.4 Å². The smallest absolute Gasteiger partial charge is 0.271 e. The Kier molecular flexibility index (Phi) is 3.63. The summed E-state index contributed by atoms with van der Waals surface area (Å²) in [6, 6.07) is 12.2. The molecule has 5 nitrogen and oxygen atoms in total. The van der Waals surface area contributed by atoms with Crippen LogP contribution in [-0.2, 0) is 12.8 Å². The van der Waals surface area contributed by atoms with Gasteiger partial charge in [0.1, 0.15) is 0 Å². The molecular formula is C17H16N2O3. The molecular weight excluding hydrogens is 280 g/mol. The summed E-state index contributed by atoms with van der Waals surface area (Å²) in [7, 11) is 0. The quantitative estimate of drug-likeness (QED) is 0.644. The number of non-ortho nitro benzene ring substituents is 1. The zero-order valence-corrected chi connectivity index (χ0v) is 12.3. The van der Waals surface area contributed by atoms with Crippen molar-refractivity contribution in [1.29, 1.82) is 0 Å². The first-order chi connectivity index (χ1) is 10.6. The molecule has 0 aliphatic carbocycles. The second-order valence-corrected chi connectivity index (χ2v) is 5.33. The first-order valence-electron chi connectivity index (χ1n) is 7.28. The highest BCUT2D eigenvalue weighted by molar-refractivity contribution is 6.07. The lowest BCUT2D eigenvalue weighted by Crippen LogP contribution is -2.28. The van der Waals surface area contributed by atoms with Crippen molar-refractivity contribution in [1.82, 2.24) is 0 Å². The van der Waals surface area contributed by atoms with Gasteiger partial charge in [0.05, 0.1) is 10.6 Å². The van der Waals surface area contributed by atoms with Gasteiger partial charge in [-0.15, -0.1) is 0 Å². The van der Waals surface area contributed by atoms with Gasteiger partial charge >= 0.3 is 0 Å². The predicted molar refractivity (Wildman–Crippen MR) is 84.3 cm³/mol. The van der Waals surface area contributed by atoms with Gasteiger partial charge in [0.15, 0.2) is 0 Å². The Morgan fingerprint density at radius 2 is 1.95 bits per heavy atom. The minimum atomic E-state index is -0.433. The van der Waals surface area contributed by atoms with Gasteiger partial charge in [-0.1, -0.05) is 25.1 Å². The molecule has 5 heteroatoms. The molecule has 0 N–H and O–H groups in total. The molecule has 2 aromatic carbocycles. The van der Waals surface area contributed by atoms with Crippen molar-refractivity contribution in [2.24, 2.45) is 0 Å². The molecule has 3 rings (SSSR count). The summed E-state index contributed by atoms with van der Waals surface area (Å²) in [4.78, 5) is 24.8. The van der Waals surface area contributed by atoms with Crippen molar-refractivity contribution in [3.8, 4) is 0 Å². The zero-order valence-electron chi connectivity index (χ0n) is 12.3. The number of aryl methyl sites for hydroxylation is 1. The summed E-state index contributed by atoms with van der Waals surface area (Å²) in [5, 5.41) is 10.9. The average Bonchev–Trinajstić information content (AvgIpc) is 2.97. The number of hydrogen-bond donors (Lipinski definition) is 0. The van der Waals surface area contributed by atoms with Crippen LogP contribution >= 0.6 is 0 Å². The Labute approximate surface area is 128 Å². The highest BCUT2D eigenvalue weighted by atomic mass is 16.6. The lowest BCUT2D eigenvalue weighted by molar-refractivity contribution is -0.384. The molecule has 22 heavy (non-hydrogen) atoms. The number of hydrogen-bond acceptors (Lipinski definition) is 3. The van der Waals surface area contributed by atoms with Crippen LogP contribution in [0.4, 0.5) is 11.4 Å². The molecule has 1 aliphatic heterocycles. The van der Waals surface area contributed by atoms with Crippen molar-refractivity contribution in [2.75, 3.05) is 11.4 Å². The average molecular weight is 296 g/mol. The van der Waals surface area contributed by atoms with Gasteiger partial charge in [0.25, 0.3) is 11.6 Å². The maximum Gasteiger partial charge on any atom is 0.271 e. The summed E-state index contributed by atoms with van der Waals surface area (Å²) in [5.74, 6) is -0.109. The van der Waals surface area contributed by atoms with E-state index < -0.39 is 4.92 Å². The Bertz CT molecular complexity index is 738. The number of benzene rings is 2. The molecule has 0 atom stereocenters. The van der Waals surface area contributed by atoms with Crippen molar-refractivity contribution in [2.45, 2.75) is 19.8 Å². The van der Waals surface area contributed by atoms with E-state index in [1.54, 1.807) is 11.0 Å². The fourth-order valence-corrected chi connectivity index (χ4v) is 2.73. The van der Waals surface area contributed by atoms with E-state index >= 15 is 0 Å². The monoisotopic (exact) mass is 296 g/mol. The maximum absolute atomic E-state index is 12.6. The largest absolute Gasteiger partial charge is 0.308 e. The van der Waals surface area contributed by atoms with Crippen LogP contribution < -0.4 is 4.90 Å². The number of carbonyl (C=O) groups excluding carboxylic acids is 1. The van der Waals surface area contributed by atoms with Crippen LogP contribution in [0.2, 0.25) is 0 Å². The molecule has 0 saturated heterocycles. The summed E-state index contributed by atoms with van der Waals surface area (Å²) in [6.45, 7) is 2.62. The van der Waals surface area contributed by atoms with Crippen molar-refractivity contribution < 1.29 is 9.72 Å². The normalized spacial score (nSPS) is 13.0. The maximum atomic E-state index is 12.6. The third kappa shape index (κ3) is 2.45. The molecule has 0 saturated carbocycles. The van der Waals surface area contributed by atoms with Crippen molar-refractivity contribution in [3.05, 3.63) is 69.3 Å². The van der Waals surface area contributed by atoms with E-state index in [1.165, 1.54) is 17.7 Å². The third-order valence-electron chi connectivity index (χ3n) is 4.03. The molecule has 0 radical (unpaired) electrons. The number of carbonyl (C=O) groups is 1. The molecule has 0 aromatic heterocycles.